The minimum absolute atomic E-state index is 0.0755. The molecular weight excluding hydrogens is 540 g/mol. The van der Waals surface area contributed by atoms with Crippen molar-refractivity contribution in [3.63, 3.8) is 0 Å². The Morgan fingerprint density at radius 1 is 1.03 bits per heavy atom. The van der Waals surface area contributed by atoms with Crippen LogP contribution in [0, 0.1) is 0 Å². The molecule has 1 fully saturated rings. The molecule has 7 nitrogen and oxygen atoms in total. The van der Waals surface area contributed by atoms with Gasteiger partial charge in [0.15, 0.2) is 0 Å². The Balaban J connectivity index is 1.58. The van der Waals surface area contributed by atoms with Crippen LogP contribution in [0.5, 0.6) is 0 Å². The van der Waals surface area contributed by atoms with Gasteiger partial charge in [-0.1, -0.05) is 60.1 Å². The van der Waals surface area contributed by atoms with Crippen molar-refractivity contribution in [1.29, 1.82) is 0 Å². The van der Waals surface area contributed by atoms with E-state index in [4.69, 9.17) is 21.4 Å². The number of para-hydroxylation sites is 1. The molecule has 0 unspecified atom stereocenters. The van der Waals surface area contributed by atoms with Crippen LogP contribution < -0.4 is 4.90 Å². The molecule has 0 saturated carbocycles. The van der Waals surface area contributed by atoms with Gasteiger partial charge in [0.25, 0.3) is 0 Å². The van der Waals surface area contributed by atoms with Crippen molar-refractivity contribution < 1.29 is 14.3 Å². The van der Waals surface area contributed by atoms with E-state index in [1.807, 2.05) is 60.0 Å². The fraction of sp³-hybridized carbons (Fsp3) is 0.250. The maximum atomic E-state index is 13.8. The highest BCUT2D eigenvalue weighted by molar-refractivity contribution is 8.00. The van der Waals surface area contributed by atoms with Crippen molar-refractivity contribution in [3.05, 3.63) is 87.6 Å². The zero-order valence-electron chi connectivity index (χ0n) is 20.5. The van der Waals surface area contributed by atoms with E-state index in [9.17, 15) is 9.59 Å². The highest BCUT2D eigenvalue weighted by Gasteiger charge is 2.38. The first kappa shape index (κ1) is 25.2. The highest BCUT2D eigenvalue weighted by Crippen LogP contribution is 2.49. The Bertz CT molecular complexity index is 1450. The molecule has 0 bridgehead atoms. The van der Waals surface area contributed by atoms with Gasteiger partial charge in [-0.15, -0.1) is 23.1 Å². The quantitative estimate of drug-likeness (QED) is 0.330. The van der Waals surface area contributed by atoms with E-state index in [1.54, 1.807) is 43.6 Å². The minimum atomic E-state index is -0.135. The maximum Gasteiger partial charge on any atom is 0.242 e. The number of morpholine rings is 1. The largest absolute Gasteiger partial charge is 0.378 e. The summed E-state index contributed by atoms with van der Waals surface area (Å²) in [7, 11) is 0. The van der Waals surface area contributed by atoms with Gasteiger partial charge in [0.2, 0.25) is 11.8 Å². The van der Waals surface area contributed by atoms with Crippen molar-refractivity contribution >= 4 is 52.3 Å². The van der Waals surface area contributed by atoms with E-state index < -0.39 is 0 Å². The van der Waals surface area contributed by atoms with Crippen LogP contribution in [-0.2, 0) is 14.3 Å². The number of halogens is 1. The monoisotopic (exact) mass is 564 g/mol. The maximum absolute atomic E-state index is 13.8. The molecule has 4 heterocycles. The fourth-order valence-electron chi connectivity index (χ4n) is 4.83. The summed E-state index contributed by atoms with van der Waals surface area (Å²) in [6.45, 7) is 1.94. The Kier molecular flexibility index (Phi) is 7.25. The first-order valence-corrected chi connectivity index (χ1v) is 14.7. The van der Waals surface area contributed by atoms with Gasteiger partial charge in [-0.25, -0.2) is 4.68 Å². The molecule has 10 heteroatoms. The SMILES string of the molecule is O=C(CN1C(=O)CS[C@H](c2cccs2)c2c(-c3ccccc3)nn(-c3ccccc3Cl)c21)N1CCOCC1. The second-order valence-corrected chi connectivity index (χ2v) is 11.5. The summed E-state index contributed by atoms with van der Waals surface area (Å²) in [6.07, 6.45) is 0. The normalized spacial score (nSPS) is 17.8. The third-order valence-corrected chi connectivity index (χ3v) is 9.32. The number of aromatic nitrogens is 2. The Morgan fingerprint density at radius 3 is 2.53 bits per heavy atom. The number of thiophene rings is 1. The molecule has 1 saturated heterocycles. The van der Waals surface area contributed by atoms with Gasteiger partial charge in [-0.05, 0) is 23.6 Å². The summed E-state index contributed by atoms with van der Waals surface area (Å²) in [5, 5.41) is 7.50. The predicted octanol–water partition coefficient (Wildman–Crippen LogP) is 5.28. The lowest BCUT2D eigenvalue weighted by molar-refractivity contribution is -0.134. The van der Waals surface area contributed by atoms with Crippen molar-refractivity contribution in [2.45, 2.75) is 5.25 Å². The van der Waals surface area contributed by atoms with Crippen molar-refractivity contribution in [2.75, 3.05) is 43.5 Å². The van der Waals surface area contributed by atoms with Gasteiger partial charge in [0.1, 0.15) is 12.4 Å². The number of benzene rings is 2. The average Bonchev–Trinajstić information content (AvgIpc) is 3.60. The third kappa shape index (κ3) is 4.75. The second-order valence-electron chi connectivity index (χ2n) is 8.99. The summed E-state index contributed by atoms with van der Waals surface area (Å²) >= 11 is 9.91. The van der Waals surface area contributed by atoms with Crippen LogP contribution in [0.3, 0.4) is 0 Å². The number of ether oxygens (including phenoxy) is 1. The average molecular weight is 565 g/mol. The van der Waals surface area contributed by atoms with Crippen LogP contribution in [-0.4, -0.2) is 65.1 Å². The number of anilines is 1. The number of carbonyl (C=O) groups is 2. The lowest BCUT2D eigenvalue weighted by Crippen LogP contribution is -2.48. The Hall–Kier alpha value is -3.11. The number of nitrogens with zero attached hydrogens (tertiary/aromatic N) is 4. The van der Waals surface area contributed by atoms with E-state index in [0.717, 1.165) is 21.7 Å². The molecule has 0 spiro atoms. The molecule has 0 N–H and O–H groups in total. The van der Waals surface area contributed by atoms with Crippen LogP contribution in [0.15, 0.2) is 72.1 Å². The fourth-order valence-corrected chi connectivity index (χ4v) is 7.22. The molecule has 0 aliphatic carbocycles. The van der Waals surface area contributed by atoms with Gasteiger partial charge in [-0.2, -0.15) is 5.10 Å². The molecule has 38 heavy (non-hydrogen) atoms. The molecule has 2 aliphatic rings. The van der Waals surface area contributed by atoms with Crippen molar-refractivity contribution in [2.24, 2.45) is 0 Å². The highest BCUT2D eigenvalue weighted by atomic mass is 35.5. The van der Waals surface area contributed by atoms with Crippen molar-refractivity contribution in [3.8, 4) is 16.9 Å². The molecule has 0 radical (unpaired) electrons. The number of thioether (sulfide) groups is 1. The smallest absolute Gasteiger partial charge is 0.242 e. The number of fused-ring (bicyclic) bond motifs is 1. The summed E-state index contributed by atoms with van der Waals surface area (Å²) in [5.74, 6) is 0.585. The number of hydrogen-bond donors (Lipinski definition) is 0. The lowest BCUT2D eigenvalue weighted by atomic mass is 10.0. The summed E-state index contributed by atoms with van der Waals surface area (Å²) in [4.78, 5) is 31.7. The standard InChI is InChI=1S/C28H25ClN4O3S2/c29-20-9-4-5-10-21(20)33-28-25(26(30-33)19-7-2-1-3-8-19)27(22-11-6-16-37-22)38-18-24(35)32(28)17-23(34)31-12-14-36-15-13-31/h1-11,16,27H,12-15,17-18H2/t27-/m1/s1. The van der Waals surface area contributed by atoms with Gasteiger partial charge in [-0.3, -0.25) is 14.5 Å². The van der Waals surface area contributed by atoms with E-state index in [1.165, 1.54) is 0 Å². The number of carbonyl (C=O) groups excluding carboxylic acids is 2. The molecule has 4 aromatic rings. The predicted molar refractivity (Wildman–Crippen MR) is 152 cm³/mol. The number of amides is 2. The number of hydrogen-bond acceptors (Lipinski definition) is 6. The Labute approximate surface area is 234 Å². The zero-order valence-corrected chi connectivity index (χ0v) is 22.8. The van der Waals surface area contributed by atoms with Gasteiger partial charge >= 0.3 is 0 Å². The molecular formula is C28H25ClN4O3S2. The Morgan fingerprint density at radius 2 is 1.79 bits per heavy atom. The lowest BCUT2D eigenvalue weighted by Gasteiger charge is -2.30. The van der Waals surface area contributed by atoms with Crippen LogP contribution in [0.25, 0.3) is 16.9 Å². The molecule has 2 aliphatic heterocycles. The molecule has 2 amide bonds. The number of rotatable bonds is 5. The summed E-state index contributed by atoms with van der Waals surface area (Å²) in [6, 6.07) is 21.5. The minimum Gasteiger partial charge on any atom is -0.378 e. The molecule has 2 aromatic heterocycles. The van der Waals surface area contributed by atoms with E-state index in [0.29, 0.717) is 42.8 Å². The van der Waals surface area contributed by atoms with Crippen molar-refractivity contribution in [1.82, 2.24) is 14.7 Å². The van der Waals surface area contributed by atoms with Crippen LogP contribution >= 0.6 is 34.7 Å². The summed E-state index contributed by atoms with van der Waals surface area (Å²) in [5.41, 5.74) is 3.26. The third-order valence-electron chi connectivity index (χ3n) is 6.68. The van der Waals surface area contributed by atoms with Crippen LogP contribution in [0.4, 0.5) is 5.82 Å². The summed E-state index contributed by atoms with van der Waals surface area (Å²) < 4.78 is 7.18. The molecule has 2 aromatic carbocycles. The van der Waals surface area contributed by atoms with Crippen LogP contribution in [0.1, 0.15) is 15.7 Å². The first-order valence-electron chi connectivity index (χ1n) is 12.4. The molecule has 194 valence electrons. The second kappa shape index (κ2) is 10.9. The van der Waals surface area contributed by atoms with Gasteiger partial charge in [0, 0.05) is 29.1 Å². The van der Waals surface area contributed by atoms with Gasteiger partial charge in [0.05, 0.1) is 40.6 Å². The zero-order chi connectivity index (χ0) is 26.1. The van der Waals surface area contributed by atoms with E-state index in [2.05, 4.69) is 6.07 Å². The van der Waals surface area contributed by atoms with E-state index >= 15 is 0 Å². The first-order chi connectivity index (χ1) is 18.6. The molecule has 1 atom stereocenters. The van der Waals surface area contributed by atoms with Crippen LogP contribution in [0.2, 0.25) is 5.02 Å². The topological polar surface area (TPSA) is 67.7 Å². The molecule has 6 rings (SSSR count). The van der Waals surface area contributed by atoms with E-state index in [-0.39, 0.29) is 29.4 Å². The van der Waals surface area contributed by atoms with Gasteiger partial charge < -0.3 is 9.64 Å².